The molecule has 0 unspecified atom stereocenters. The minimum Gasteiger partial charge on any atom is -0.320 e. The van der Waals surface area contributed by atoms with E-state index in [1.54, 1.807) is 18.2 Å². The van der Waals surface area contributed by atoms with Crippen LogP contribution in [0.4, 0.5) is 10.1 Å². The van der Waals surface area contributed by atoms with Crippen molar-refractivity contribution in [2.45, 2.75) is 0 Å². The number of rotatable bonds is 2. The van der Waals surface area contributed by atoms with E-state index < -0.39 is 0 Å². The van der Waals surface area contributed by atoms with Crippen LogP contribution >= 0.6 is 0 Å². The average Bonchev–Trinajstić information content (AvgIpc) is 2.89. The lowest BCUT2D eigenvalue weighted by Gasteiger charge is -2.05. The van der Waals surface area contributed by atoms with Gasteiger partial charge in [0.05, 0.1) is 5.69 Å². The minimum absolute atomic E-state index is 0.324. The summed E-state index contributed by atoms with van der Waals surface area (Å²) in [6.45, 7) is 0. The summed E-state index contributed by atoms with van der Waals surface area (Å²) in [7, 11) is 0. The van der Waals surface area contributed by atoms with Crippen molar-refractivity contribution in [3.05, 3.63) is 53.8 Å². The maximum atomic E-state index is 12.8. The normalized spacial score (nSPS) is 10.6. The van der Waals surface area contributed by atoms with E-state index in [0.717, 1.165) is 0 Å². The van der Waals surface area contributed by atoms with Gasteiger partial charge in [-0.1, -0.05) is 6.07 Å². The highest BCUT2D eigenvalue weighted by molar-refractivity contribution is 6.07. The molecule has 0 radical (unpaired) electrons. The van der Waals surface area contributed by atoms with Crippen LogP contribution in [0.5, 0.6) is 0 Å². The lowest BCUT2D eigenvalue weighted by molar-refractivity contribution is 0.102. The van der Waals surface area contributed by atoms with Gasteiger partial charge in [0.2, 0.25) is 0 Å². The number of hydrogen-bond donors (Lipinski definition) is 2. The van der Waals surface area contributed by atoms with Gasteiger partial charge in [-0.3, -0.25) is 4.79 Å². The van der Waals surface area contributed by atoms with Crippen molar-refractivity contribution in [2.75, 3.05) is 5.32 Å². The number of aromatic amines is 1. The molecule has 0 aliphatic heterocycles. The van der Waals surface area contributed by atoms with Gasteiger partial charge in [-0.15, -0.1) is 0 Å². The largest absolute Gasteiger partial charge is 0.320 e. The minimum atomic E-state index is -0.379. The third kappa shape index (κ3) is 2.15. The molecule has 3 aromatic rings. The third-order valence-electron chi connectivity index (χ3n) is 2.70. The maximum absolute atomic E-state index is 12.8. The summed E-state index contributed by atoms with van der Waals surface area (Å²) in [6.07, 6.45) is 0. The molecule has 3 rings (SSSR count). The molecule has 1 amide bonds. The van der Waals surface area contributed by atoms with Crippen molar-refractivity contribution in [1.82, 2.24) is 15.4 Å². The number of para-hydroxylation sites is 1. The van der Waals surface area contributed by atoms with Gasteiger partial charge < -0.3 is 5.32 Å². The Morgan fingerprint density at radius 1 is 1.11 bits per heavy atom. The molecule has 0 fully saturated rings. The quantitative estimate of drug-likeness (QED) is 0.739. The Morgan fingerprint density at radius 2 is 1.89 bits per heavy atom. The number of carbonyl (C=O) groups is 1. The van der Waals surface area contributed by atoms with Gasteiger partial charge in [-0.2, -0.15) is 15.4 Å². The topological polar surface area (TPSA) is 70.7 Å². The number of carbonyl (C=O) groups excluding carboxylic acids is 1. The van der Waals surface area contributed by atoms with Gasteiger partial charge in [0, 0.05) is 5.56 Å². The molecule has 5 nitrogen and oxygen atoms in total. The highest BCUT2D eigenvalue weighted by Crippen LogP contribution is 2.19. The molecule has 2 N–H and O–H groups in total. The van der Waals surface area contributed by atoms with Crippen molar-refractivity contribution in [3.8, 4) is 0 Å². The average molecular weight is 256 g/mol. The first-order valence-electron chi connectivity index (χ1n) is 5.60. The zero-order chi connectivity index (χ0) is 13.2. The van der Waals surface area contributed by atoms with Crippen LogP contribution in [0.15, 0.2) is 42.5 Å². The predicted octanol–water partition coefficient (Wildman–Crippen LogP) is 2.35. The summed E-state index contributed by atoms with van der Waals surface area (Å²) < 4.78 is 12.8. The first-order chi connectivity index (χ1) is 9.24. The van der Waals surface area contributed by atoms with Gasteiger partial charge in [0.25, 0.3) is 5.91 Å². The molecule has 1 aromatic heterocycles. The standard InChI is InChI=1S/C13H9FN4O/c14-9-6-4-8(5-7-9)13(19)15-10-2-1-3-11-12(10)17-18-16-11/h1-7H,(H,15,19)(H,16,17,18). The molecule has 6 heteroatoms. The Labute approximate surface area is 107 Å². The van der Waals surface area contributed by atoms with E-state index in [2.05, 4.69) is 20.7 Å². The van der Waals surface area contributed by atoms with E-state index in [1.807, 2.05) is 0 Å². The number of hydrogen-bond acceptors (Lipinski definition) is 3. The Hall–Kier alpha value is -2.76. The number of nitrogens with one attached hydrogen (secondary N) is 2. The number of fused-ring (bicyclic) bond motifs is 1. The Balaban J connectivity index is 1.90. The van der Waals surface area contributed by atoms with E-state index in [9.17, 15) is 9.18 Å². The molecular formula is C13H9FN4O. The Kier molecular flexibility index (Phi) is 2.68. The molecule has 1 heterocycles. The second-order valence-corrected chi connectivity index (χ2v) is 3.96. The number of amides is 1. The number of nitrogens with zero attached hydrogens (tertiary/aromatic N) is 2. The van der Waals surface area contributed by atoms with Crippen LogP contribution in [-0.2, 0) is 0 Å². The zero-order valence-corrected chi connectivity index (χ0v) is 9.72. The number of benzene rings is 2. The maximum Gasteiger partial charge on any atom is 0.255 e. The number of aromatic nitrogens is 3. The molecule has 19 heavy (non-hydrogen) atoms. The highest BCUT2D eigenvalue weighted by Gasteiger charge is 2.10. The molecule has 0 saturated carbocycles. The fraction of sp³-hybridized carbons (Fsp3) is 0. The van der Waals surface area contributed by atoms with Crippen molar-refractivity contribution < 1.29 is 9.18 Å². The van der Waals surface area contributed by atoms with Gasteiger partial charge in [-0.25, -0.2) is 4.39 Å². The van der Waals surface area contributed by atoms with Crippen LogP contribution in [0.2, 0.25) is 0 Å². The van der Waals surface area contributed by atoms with Gasteiger partial charge >= 0.3 is 0 Å². The number of halogens is 1. The molecule has 0 atom stereocenters. The van der Waals surface area contributed by atoms with Crippen molar-refractivity contribution in [3.63, 3.8) is 0 Å². The predicted molar refractivity (Wildman–Crippen MR) is 68.2 cm³/mol. The molecule has 0 aliphatic carbocycles. The van der Waals surface area contributed by atoms with E-state index in [-0.39, 0.29) is 11.7 Å². The van der Waals surface area contributed by atoms with Crippen LogP contribution in [0.1, 0.15) is 10.4 Å². The van der Waals surface area contributed by atoms with E-state index in [0.29, 0.717) is 22.3 Å². The molecule has 0 aliphatic rings. The molecule has 0 spiro atoms. The Morgan fingerprint density at radius 3 is 2.68 bits per heavy atom. The number of H-pyrrole nitrogens is 1. The fourth-order valence-electron chi connectivity index (χ4n) is 1.76. The van der Waals surface area contributed by atoms with E-state index >= 15 is 0 Å². The van der Waals surface area contributed by atoms with E-state index in [4.69, 9.17) is 0 Å². The van der Waals surface area contributed by atoms with Crippen LogP contribution in [0, 0.1) is 5.82 Å². The Bertz CT molecular complexity index is 736. The first kappa shape index (κ1) is 11.3. The van der Waals surface area contributed by atoms with Crippen molar-refractivity contribution in [1.29, 1.82) is 0 Å². The van der Waals surface area contributed by atoms with Crippen LogP contribution in [-0.4, -0.2) is 21.3 Å². The molecule has 0 saturated heterocycles. The van der Waals surface area contributed by atoms with Gasteiger partial charge in [0.1, 0.15) is 16.9 Å². The molecule has 94 valence electrons. The summed E-state index contributed by atoms with van der Waals surface area (Å²) >= 11 is 0. The van der Waals surface area contributed by atoms with Crippen molar-refractivity contribution >= 4 is 22.6 Å². The van der Waals surface area contributed by atoms with Crippen LogP contribution in [0.3, 0.4) is 0 Å². The third-order valence-corrected chi connectivity index (χ3v) is 2.70. The number of anilines is 1. The van der Waals surface area contributed by atoms with Crippen LogP contribution in [0.25, 0.3) is 11.0 Å². The fourth-order valence-corrected chi connectivity index (χ4v) is 1.76. The smallest absolute Gasteiger partial charge is 0.255 e. The van der Waals surface area contributed by atoms with E-state index in [1.165, 1.54) is 24.3 Å². The summed E-state index contributed by atoms with van der Waals surface area (Å²) in [5, 5.41) is 13.1. The molecule has 0 bridgehead atoms. The molecular weight excluding hydrogens is 247 g/mol. The lowest BCUT2D eigenvalue weighted by atomic mass is 10.2. The summed E-state index contributed by atoms with van der Waals surface area (Å²) in [6, 6.07) is 10.6. The molecule has 2 aromatic carbocycles. The second-order valence-electron chi connectivity index (χ2n) is 3.96. The van der Waals surface area contributed by atoms with Gasteiger partial charge in [-0.05, 0) is 36.4 Å². The van der Waals surface area contributed by atoms with Crippen LogP contribution < -0.4 is 5.32 Å². The summed E-state index contributed by atoms with van der Waals surface area (Å²) in [5.74, 6) is -0.703. The monoisotopic (exact) mass is 256 g/mol. The highest BCUT2D eigenvalue weighted by atomic mass is 19.1. The lowest BCUT2D eigenvalue weighted by Crippen LogP contribution is -2.12. The van der Waals surface area contributed by atoms with Gasteiger partial charge in [0.15, 0.2) is 0 Å². The first-order valence-corrected chi connectivity index (χ1v) is 5.60. The zero-order valence-electron chi connectivity index (χ0n) is 9.72. The van der Waals surface area contributed by atoms with Crippen molar-refractivity contribution in [2.24, 2.45) is 0 Å². The summed E-state index contributed by atoms with van der Waals surface area (Å²) in [4.78, 5) is 12.0. The summed E-state index contributed by atoms with van der Waals surface area (Å²) in [5.41, 5.74) is 2.18. The second kappa shape index (κ2) is 4.49. The SMILES string of the molecule is O=C(Nc1cccc2n[nH]nc12)c1ccc(F)cc1.